The maximum Gasteiger partial charge on any atom is 0.256 e. The zero-order valence-corrected chi connectivity index (χ0v) is 14.8. The highest BCUT2D eigenvalue weighted by molar-refractivity contribution is 8.00. The molecule has 1 aromatic heterocycles. The Hall–Kier alpha value is -0.720. The minimum absolute atomic E-state index is 0.0213. The fraction of sp³-hybridized carbons (Fsp3) is 0.600. The number of rotatable bonds is 2. The molecule has 3 rings (SSSR count). The first kappa shape index (κ1) is 16.1. The number of thiophene rings is 1. The fourth-order valence-electron chi connectivity index (χ4n) is 2.82. The molecule has 3 heterocycles. The number of halogens is 1. The zero-order chi connectivity index (χ0) is 15.7. The molecule has 2 aliphatic heterocycles. The predicted molar refractivity (Wildman–Crippen MR) is 91.8 cm³/mol. The molecule has 0 aromatic carbocycles. The lowest BCUT2D eigenvalue weighted by molar-refractivity contribution is -0.136. The van der Waals surface area contributed by atoms with Crippen LogP contribution in [0, 0.1) is 5.92 Å². The van der Waals surface area contributed by atoms with Crippen LogP contribution in [0.3, 0.4) is 0 Å². The molecule has 120 valence electrons. The molecule has 2 aliphatic rings. The van der Waals surface area contributed by atoms with Crippen LogP contribution in [-0.2, 0) is 4.79 Å². The number of carbonyl (C=O) groups is 2. The van der Waals surface area contributed by atoms with Gasteiger partial charge in [0.15, 0.2) is 0 Å². The number of amides is 2. The van der Waals surface area contributed by atoms with Gasteiger partial charge in [-0.3, -0.25) is 9.59 Å². The van der Waals surface area contributed by atoms with Crippen LogP contribution in [-0.4, -0.2) is 58.8 Å². The van der Waals surface area contributed by atoms with E-state index in [-0.39, 0.29) is 23.8 Å². The molecular weight excluding hydrogens is 340 g/mol. The Bertz CT molecular complexity index is 574. The summed E-state index contributed by atoms with van der Waals surface area (Å²) in [7, 11) is 0. The van der Waals surface area contributed by atoms with E-state index in [0.29, 0.717) is 29.5 Å². The van der Waals surface area contributed by atoms with Crippen LogP contribution in [0.15, 0.2) is 11.4 Å². The molecule has 1 atom stereocenters. The second kappa shape index (κ2) is 6.81. The Balaban J connectivity index is 1.67. The molecule has 4 nitrogen and oxygen atoms in total. The highest BCUT2D eigenvalue weighted by Crippen LogP contribution is 2.28. The van der Waals surface area contributed by atoms with Crippen molar-refractivity contribution in [2.75, 3.05) is 31.1 Å². The highest BCUT2D eigenvalue weighted by atomic mass is 35.5. The minimum Gasteiger partial charge on any atom is -0.338 e. The molecule has 22 heavy (non-hydrogen) atoms. The first-order chi connectivity index (χ1) is 10.6. The van der Waals surface area contributed by atoms with Crippen molar-refractivity contribution in [3.63, 3.8) is 0 Å². The van der Waals surface area contributed by atoms with Gasteiger partial charge in [0.2, 0.25) is 5.91 Å². The SMILES string of the molecule is CC1CCN(C(=O)c2ccsc2Cl)CCN1C(=O)C1CSC1. The molecule has 0 saturated carbocycles. The Morgan fingerprint density at radius 3 is 2.64 bits per heavy atom. The van der Waals surface area contributed by atoms with Gasteiger partial charge < -0.3 is 9.80 Å². The summed E-state index contributed by atoms with van der Waals surface area (Å²) in [6, 6.07) is 1.96. The topological polar surface area (TPSA) is 40.6 Å². The highest BCUT2D eigenvalue weighted by Gasteiger charge is 2.34. The van der Waals surface area contributed by atoms with E-state index in [0.717, 1.165) is 17.9 Å². The fourth-order valence-corrected chi connectivity index (χ4v) is 4.48. The molecule has 0 N–H and O–H groups in total. The largest absolute Gasteiger partial charge is 0.338 e. The van der Waals surface area contributed by atoms with Gasteiger partial charge in [0, 0.05) is 37.2 Å². The molecule has 0 radical (unpaired) electrons. The van der Waals surface area contributed by atoms with Gasteiger partial charge in [-0.25, -0.2) is 0 Å². The first-order valence-corrected chi connectivity index (χ1v) is 9.89. The van der Waals surface area contributed by atoms with Gasteiger partial charge >= 0.3 is 0 Å². The Morgan fingerprint density at radius 2 is 2.05 bits per heavy atom. The lowest BCUT2D eigenvalue weighted by atomic mass is 10.1. The predicted octanol–water partition coefficient (Wildman–Crippen LogP) is 2.83. The first-order valence-electron chi connectivity index (χ1n) is 7.48. The van der Waals surface area contributed by atoms with Gasteiger partial charge in [0.1, 0.15) is 4.34 Å². The molecule has 2 saturated heterocycles. The van der Waals surface area contributed by atoms with Crippen LogP contribution >= 0.6 is 34.7 Å². The number of hydrogen-bond acceptors (Lipinski definition) is 4. The van der Waals surface area contributed by atoms with Gasteiger partial charge in [-0.05, 0) is 24.8 Å². The molecule has 2 amide bonds. The van der Waals surface area contributed by atoms with E-state index >= 15 is 0 Å². The Morgan fingerprint density at radius 1 is 1.27 bits per heavy atom. The summed E-state index contributed by atoms with van der Waals surface area (Å²) in [5.74, 6) is 2.30. The van der Waals surface area contributed by atoms with E-state index in [1.54, 1.807) is 6.07 Å². The Labute approximate surface area is 143 Å². The van der Waals surface area contributed by atoms with Gasteiger partial charge in [0.25, 0.3) is 5.91 Å². The smallest absolute Gasteiger partial charge is 0.256 e. The number of hydrogen-bond donors (Lipinski definition) is 0. The summed E-state index contributed by atoms with van der Waals surface area (Å²) < 4.78 is 0.543. The van der Waals surface area contributed by atoms with E-state index in [9.17, 15) is 9.59 Å². The quantitative estimate of drug-likeness (QED) is 0.816. The summed E-state index contributed by atoms with van der Waals surface area (Å²) in [5.41, 5.74) is 0.578. The second-order valence-corrected chi connectivity index (χ2v) is 8.40. The van der Waals surface area contributed by atoms with Gasteiger partial charge in [-0.15, -0.1) is 11.3 Å². The summed E-state index contributed by atoms with van der Waals surface area (Å²) in [4.78, 5) is 28.8. The van der Waals surface area contributed by atoms with Crippen molar-refractivity contribution < 1.29 is 9.59 Å². The van der Waals surface area contributed by atoms with E-state index in [2.05, 4.69) is 6.92 Å². The van der Waals surface area contributed by atoms with Crippen LogP contribution in [0.25, 0.3) is 0 Å². The third-order valence-corrected chi connectivity index (χ3v) is 6.81. The maximum atomic E-state index is 12.6. The number of carbonyl (C=O) groups excluding carboxylic acids is 2. The standard InChI is InChI=1S/C15H19ClN2O2S2/c1-10-2-4-17(15(20)12-3-7-22-13(12)16)5-6-18(10)14(19)11-8-21-9-11/h3,7,10-11H,2,4-6,8-9H2,1H3. The molecule has 0 bridgehead atoms. The second-order valence-electron chi connectivity index (χ2n) is 5.80. The number of thioether (sulfide) groups is 1. The molecule has 2 fully saturated rings. The average molecular weight is 359 g/mol. The van der Waals surface area contributed by atoms with Crippen LogP contribution < -0.4 is 0 Å². The van der Waals surface area contributed by atoms with E-state index in [1.807, 2.05) is 26.9 Å². The van der Waals surface area contributed by atoms with Crippen LogP contribution in [0.5, 0.6) is 0 Å². The van der Waals surface area contributed by atoms with Crippen molar-refractivity contribution >= 4 is 46.5 Å². The van der Waals surface area contributed by atoms with Crippen LogP contribution in [0.2, 0.25) is 4.34 Å². The average Bonchev–Trinajstić information content (AvgIpc) is 2.75. The molecular formula is C15H19ClN2O2S2. The normalized spacial score (nSPS) is 23.1. The van der Waals surface area contributed by atoms with Crippen molar-refractivity contribution in [2.45, 2.75) is 19.4 Å². The molecule has 1 aromatic rings. The van der Waals surface area contributed by atoms with Crippen LogP contribution in [0.1, 0.15) is 23.7 Å². The van der Waals surface area contributed by atoms with Crippen molar-refractivity contribution in [3.05, 3.63) is 21.3 Å². The summed E-state index contributed by atoms with van der Waals surface area (Å²) in [5, 5.41) is 1.83. The molecule has 7 heteroatoms. The third kappa shape index (κ3) is 3.14. The van der Waals surface area contributed by atoms with E-state index < -0.39 is 0 Å². The van der Waals surface area contributed by atoms with E-state index in [4.69, 9.17) is 11.6 Å². The summed E-state index contributed by atoms with van der Waals surface area (Å²) in [6.45, 7) is 3.96. The Kier molecular flexibility index (Phi) is 5.00. The number of nitrogens with zero attached hydrogens (tertiary/aromatic N) is 2. The molecule has 0 aliphatic carbocycles. The summed E-state index contributed by atoms with van der Waals surface area (Å²) in [6.07, 6.45) is 0.819. The van der Waals surface area contributed by atoms with Crippen molar-refractivity contribution in [1.82, 2.24) is 9.80 Å². The maximum absolute atomic E-state index is 12.6. The zero-order valence-electron chi connectivity index (χ0n) is 12.5. The monoisotopic (exact) mass is 358 g/mol. The van der Waals surface area contributed by atoms with Gasteiger partial charge in [0.05, 0.1) is 11.5 Å². The van der Waals surface area contributed by atoms with E-state index in [1.165, 1.54) is 11.3 Å². The van der Waals surface area contributed by atoms with Gasteiger partial charge in [-0.1, -0.05) is 11.6 Å². The lowest BCUT2D eigenvalue weighted by Gasteiger charge is -2.33. The third-order valence-electron chi connectivity index (χ3n) is 4.37. The molecule has 0 spiro atoms. The lowest BCUT2D eigenvalue weighted by Crippen LogP contribution is -2.46. The van der Waals surface area contributed by atoms with Crippen molar-refractivity contribution in [2.24, 2.45) is 5.92 Å². The molecule has 1 unspecified atom stereocenters. The summed E-state index contributed by atoms with van der Waals surface area (Å²) >= 11 is 9.27. The minimum atomic E-state index is -0.0213. The van der Waals surface area contributed by atoms with Crippen molar-refractivity contribution in [3.8, 4) is 0 Å². The van der Waals surface area contributed by atoms with Gasteiger partial charge in [-0.2, -0.15) is 11.8 Å². The van der Waals surface area contributed by atoms with Crippen molar-refractivity contribution in [1.29, 1.82) is 0 Å². The van der Waals surface area contributed by atoms with Crippen LogP contribution in [0.4, 0.5) is 0 Å².